The molecule has 0 spiro atoms. The standard InChI is InChI=1S/C16H24N2O/c1-4-17-13(2)16-14(9-8-10-15(16)19-3)18-11-6-5-7-12-18/h5-6,8-10,13,17H,4,7,11-12H2,1-3H3. The van der Waals surface area contributed by atoms with E-state index in [0.29, 0.717) is 6.04 Å². The van der Waals surface area contributed by atoms with Gasteiger partial charge in [0.05, 0.1) is 7.11 Å². The Labute approximate surface area is 116 Å². The van der Waals surface area contributed by atoms with Gasteiger partial charge in [-0.15, -0.1) is 0 Å². The van der Waals surface area contributed by atoms with Crippen LogP contribution in [0.5, 0.6) is 5.75 Å². The monoisotopic (exact) mass is 260 g/mol. The molecule has 0 bridgehead atoms. The van der Waals surface area contributed by atoms with Gasteiger partial charge in [0, 0.05) is 30.4 Å². The van der Waals surface area contributed by atoms with Crippen molar-refractivity contribution in [1.29, 1.82) is 0 Å². The summed E-state index contributed by atoms with van der Waals surface area (Å²) in [5.41, 5.74) is 2.55. The average molecular weight is 260 g/mol. The summed E-state index contributed by atoms with van der Waals surface area (Å²) in [6.45, 7) is 7.35. The third-order valence-corrected chi connectivity index (χ3v) is 3.61. The van der Waals surface area contributed by atoms with Gasteiger partial charge in [-0.25, -0.2) is 0 Å². The van der Waals surface area contributed by atoms with Crippen molar-refractivity contribution in [3.63, 3.8) is 0 Å². The summed E-state index contributed by atoms with van der Waals surface area (Å²) in [4.78, 5) is 2.42. The molecule has 104 valence electrons. The van der Waals surface area contributed by atoms with Gasteiger partial charge in [-0.2, -0.15) is 0 Å². The second-order valence-electron chi connectivity index (χ2n) is 4.88. The molecule has 1 N–H and O–H groups in total. The molecular weight excluding hydrogens is 236 g/mol. The highest BCUT2D eigenvalue weighted by atomic mass is 16.5. The lowest BCUT2D eigenvalue weighted by Crippen LogP contribution is -2.29. The Balaban J connectivity index is 2.38. The molecule has 0 aromatic heterocycles. The van der Waals surface area contributed by atoms with Gasteiger partial charge < -0.3 is 15.0 Å². The Morgan fingerprint density at radius 3 is 2.84 bits per heavy atom. The number of rotatable bonds is 5. The fraction of sp³-hybridized carbons (Fsp3) is 0.500. The zero-order valence-electron chi connectivity index (χ0n) is 12.1. The van der Waals surface area contributed by atoms with Crippen molar-refractivity contribution in [1.82, 2.24) is 5.32 Å². The maximum atomic E-state index is 5.56. The highest BCUT2D eigenvalue weighted by Gasteiger charge is 2.19. The van der Waals surface area contributed by atoms with Crippen LogP contribution < -0.4 is 15.0 Å². The summed E-state index contributed by atoms with van der Waals surface area (Å²) in [6.07, 6.45) is 5.61. The molecule has 3 nitrogen and oxygen atoms in total. The topological polar surface area (TPSA) is 24.5 Å². The minimum Gasteiger partial charge on any atom is -0.496 e. The first kappa shape index (κ1) is 13.9. The normalized spacial score (nSPS) is 16.5. The van der Waals surface area contributed by atoms with Gasteiger partial charge in [0.15, 0.2) is 0 Å². The molecule has 1 atom stereocenters. The summed E-state index contributed by atoms with van der Waals surface area (Å²) in [6, 6.07) is 6.62. The SMILES string of the molecule is CCNC(C)c1c(OC)cccc1N1CC=CCC1. The van der Waals surface area contributed by atoms with E-state index < -0.39 is 0 Å². The molecule has 1 unspecified atom stereocenters. The van der Waals surface area contributed by atoms with Gasteiger partial charge >= 0.3 is 0 Å². The first-order valence-electron chi connectivity index (χ1n) is 7.08. The van der Waals surface area contributed by atoms with Gasteiger partial charge in [0.1, 0.15) is 5.75 Å². The Kier molecular flexibility index (Phi) is 4.86. The van der Waals surface area contributed by atoms with Crippen LogP contribution >= 0.6 is 0 Å². The minimum absolute atomic E-state index is 0.294. The van der Waals surface area contributed by atoms with Crippen molar-refractivity contribution >= 4 is 5.69 Å². The van der Waals surface area contributed by atoms with Gasteiger partial charge in [-0.1, -0.05) is 25.1 Å². The van der Waals surface area contributed by atoms with E-state index in [1.165, 1.54) is 11.3 Å². The molecule has 3 heteroatoms. The maximum Gasteiger partial charge on any atom is 0.125 e. The smallest absolute Gasteiger partial charge is 0.125 e. The molecule has 0 amide bonds. The van der Waals surface area contributed by atoms with Crippen LogP contribution in [-0.2, 0) is 0 Å². The van der Waals surface area contributed by atoms with E-state index in [0.717, 1.165) is 31.8 Å². The molecule has 1 heterocycles. The minimum atomic E-state index is 0.294. The van der Waals surface area contributed by atoms with Crippen molar-refractivity contribution < 1.29 is 4.74 Å². The van der Waals surface area contributed by atoms with Crippen LogP contribution in [0.3, 0.4) is 0 Å². The molecule has 0 radical (unpaired) electrons. The van der Waals surface area contributed by atoms with E-state index in [9.17, 15) is 0 Å². The number of anilines is 1. The van der Waals surface area contributed by atoms with E-state index in [-0.39, 0.29) is 0 Å². The molecule has 1 aromatic carbocycles. The number of methoxy groups -OCH3 is 1. The second kappa shape index (κ2) is 6.62. The quantitative estimate of drug-likeness (QED) is 0.823. The number of hydrogen-bond donors (Lipinski definition) is 1. The zero-order valence-corrected chi connectivity index (χ0v) is 12.1. The van der Waals surface area contributed by atoms with E-state index >= 15 is 0 Å². The predicted molar refractivity (Wildman–Crippen MR) is 81.1 cm³/mol. The number of nitrogens with one attached hydrogen (secondary N) is 1. The average Bonchev–Trinajstić information content (AvgIpc) is 2.47. The first-order valence-corrected chi connectivity index (χ1v) is 7.08. The Bertz CT molecular complexity index is 442. The van der Waals surface area contributed by atoms with Crippen LogP contribution in [0.25, 0.3) is 0 Å². The molecule has 1 aliphatic rings. The number of benzene rings is 1. The zero-order chi connectivity index (χ0) is 13.7. The fourth-order valence-electron chi connectivity index (χ4n) is 2.69. The number of hydrogen-bond acceptors (Lipinski definition) is 3. The van der Waals surface area contributed by atoms with E-state index in [4.69, 9.17) is 4.74 Å². The van der Waals surface area contributed by atoms with Crippen LogP contribution in [-0.4, -0.2) is 26.7 Å². The van der Waals surface area contributed by atoms with E-state index in [1.807, 2.05) is 6.07 Å². The molecule has 0 saturated carbocycles. The Morgan fingerprint density at radius 2 is 2.21 bits per heavy atom. The van der Waals surface area contributed by atoms with Crippen molar-refractivity contribution in [3.8, 4) is 5.75 Å². The van der Waals surface area contributed by atoms with E-state index in [2.05, 4.69) is 48.3 Å². The Hall–Kier alpha value is -1.48. The summed E-state index contributed by atoms with van der Waals surface area (Å²) in [5.74, 6) is 0.973. The van der Waals surface area contributed by atoms with E-state index in [1.54, 1.807) is 7.11 Å². The molecule has 1 aliphatic heterocycles. The highest BCUT2D eigenvalue weighted by Crippen LogP contribution is 2.35. The summed E-state index contributed by atoms with van der Waals surface area (Å²) in [7, 11) is 1.75. The molecule has 0 aliphatic carbocycles. The molecule has 1 aromatic rings. The van der Waals surface area contributed by atoms with Gasteiger partial charge in [0.25, 0.3) is 0 Å². The van der Waals surface area contributed by atoms with Crippen LogP contribution in [0.4, 0.5) is 5.69 Å². The van der Waals surface area contributed by atoms with Crippen LogP contribution in [0, 0.1) is 0 Å². The lowest BCUT2D eigenvalue weighted by Gasteiger charge is -2.30. The fourth-order valence-corrected chi connectivity index (χ4v) is 2.69. The summed E-state index contributed by atoms with van der Waals surface area (Å²) < 4.78 is 5.56. The lowest BCUT2D eigenvalue weighted by molar-refractivity contribution is 0.402. The first-order chi connectivity index (χ1) is 9.27. The van der Waals surface area contributed by atoms with Crippen LogP contribution in [0.2, 0.25) is 0 Å². The molecule has 0 fully saturated rings. The lowest BCUT2D eigenvalue weighted by atomic mass is 10.0. The highest BCUT2D eigenvalue weighted by molar-refractivity contribution is 5.61. The molecule has 19 heavy (non-hydrogen) atoms. The summed E-state index contributed by atoms with van der Waals surface area (Å²) in [5, 5.41) is 3.49. The Morgan fingerprint density at radius 1 is 1.37 bits per heavy atom. The molecular formula is C16H24N2O. The largest absolute Gasteiger partial charge is 0.496 e. The summed E-state index contributed by atoms with van der Waals surface area (Å²) >= 11 is 0. The number of ether oxygens (including phenoxy) is 1. The van der Waals surface area contributed by atoms with Crippen molar-refractivity contribution in [2.75, 3.05) is 31.6 Å². The van der Waals surface area contributed by atoms with Crippen molar-refractivity contribution in [2.45, 2.75) is 26.3 Å². The third kappa shape index (κ3) is 3.10. The van der Waals surface area contributed by atoms with Gasteiger partial charge in [-0.3, -0.25) is 0 Å². The second-order valence-corrected chi connectivity index (χ2v) is 4.88. The van der Waals surface area contributed by atoms with Gasteiger partial charge in [-0.05, 0) is 32.0 Å². The molecule has 2 rings (SSSR count). The maximum absolute atomic E-state index is 5.56. The third-order valence-electron chi connectivity index (χ3n) is 3.61. The van der Waals surface area contributed by atoms with Crippen LogP contribution in [0.15, 0.2) is 30.4 Å². The molecule has 0 saturated heterocycles. The predicted octanol–water partition coefficient (Wildman–Crippen LogP) is 3.13. The van der Waals surface area contributed by atoms with Crippen molar-refractivity contribution in [3.05, 3.63) is 35.9 Å². The number of nitrogens with zero attached hydrogens (tertiary/aromatic N) is 1. The van der Waals surface area contributed by atoms with Gasteiger partial charge in [0.2, 0.25) is 0 Å². The van der Waals surface area contributed by atoms with Crippen LogP contribution in [0.1, 0.15) is 31.9 Å². The van der Waals surface area contributed by atoms with Crippen molar-refractivity contribution in [2.24, 2.45) is 0 Å².